The van der Waals surface area contributed by atoms with Crippen molar-refractivity contribution >= 4 is 69.1 Å². The lowest BCUT2D eigenvalue weighted by molar-refractivity contribution is -0.114. The first-order chi connectivity index (χ1) is 20.4. The van der Waals surface area contributed by atoms with Crippen LogP contribution in [0.3, 0.4) is 0 Å². The number of rotatable bonds is 10. The van der Waals surface area contributed by atoms with Gasteiger partial charge in [-0.2, -0.15) is 0 Å². The maximum atomic E-state index is 13.4. The van der Waals surface area contributed by atoms with Gasteiger partial charge in [0.15, 0.2) is 5.13 Å². The molecule has 3 N–H and O–H groups in total. The normalized spacial score (nSPS) is 11.1. The van der Waals surface area contributed by atoms with Crippen molar-refractivity contribution in [3.8, 4) is 10.6 Å². The topological polar surface area (TPSA) is 100 Å². The summed E-state index contributed by atoms with van der Waals surface area (Å²) in [4.78, 5) is 45.2. The van der Waals surface area contributed by atoms with Crippen molar-refractivity contribution in [2.75, 3.05) is 16.4 Å². The van der Waals surface area contributed by atoms with Crippen LogP contribution >= 0.6 is 34.4 Å². The number of benzene rings is 3. The fourth-order valence-electron chi connectivity index (χ4n) is 3.88. The number of aryl methyl sites for hydroxylation is 1. The molecule has 0 saturated heterocycles. The predicted molar refractivity (Wildman–Crippen MR) is 173 cm³/mol. The molecule has 2 aromatic heterocycles. The number of carbonyl (C=O) groups excluding carboxylic acids is 3. The molecule has 0 radical (unpaired) electrons. The Morgan fingerprint density at radius 3 is 2.48 bits per heavy atom. The molecule has 0 spiro atoms. The molecule has 0 unspecified atom stereocenters. The van der Waals surface area contributed by atoms with Gasteiger partial charge < -0.3 is 16.0 Å². The zero-order valence-corrected chi connectivity index (χ0v) is 24.9. The summed E-state index contributed by atoms with van der Waals surface area (Å²) in [6.07, 6.45) is 1.66. The third-order valence-corrected chi connectivity index (χ3v) is 8.65. The van der Waals surface area contributed by atoms with E-state index < -0.39 is 5.91 Å². The second-order valence-electron chi connectivity index (χ2n) is 9.07. The van der Waals surface area contributed by atoms with Crippen molar-refractivity contribution < 1.29 is 14.4 Å². The molecule has 0 atom stereocenters. The average Bonchev–Trinajstić information content (AvgIpc) is 3.70. The minimum atomic E-state index is -0.465. The lowest BCUT2D eigenvalue weighted by Gasteiger charge is -2.13. The van der Waals surface area contributed by atoms with E-state index in [1.54, 1.807) is 59.9 Å². The fraction of sp³-hybridized carbons (Fsp3) is 0.0625. The number of nitrogens with zero attached hydrogens (tertiary/aromatic N) is 1. The van der Waals surface area contributed by atoms with E-state index in [1.165, 1.54) is 23.1 Å². The van der Waals surface area contributed by atoms with Crippen LogP contribution in [0.15, 0.2) is 112 Å². The summed E-state index contributed by atoms with van der Waals surface area (Å²) in [6.45, 7) is 1.94. The van der Waals surface area contributed by atoms with E-state index in [9.17, 15) is 14.4 Å². The molecule has 0 fully saturated rings. The Balaban J connectivity index is 1.24. The van der Waals surface area contributed by atoms with Gasteiger partial charge in [-0.05, 0) is 65.9 Å². The van der Waals surface area contributed by atoms with Crippen molar-refractivity contribution in [2.24, 2.45) is 0 Å². The molecule has 0 aliphatic heterocycles. The van der Waals surface area contributed by atoms with Crippen LogP contribution in [0.25, 0.3) is 16.6 Å². The number of thiazole rings is 1. The Labute approximate surface area is 255 Å². The largest absolute Gasteiger partial charge is 0.321 e. The Morgan fingerprint density at radius 1 is 0.881 bits per heavy atom. The van der Waals surface area contributed by atoms with Crippen molar-refractivity contribution in [3.63, 3.8) is 0 Å². The second kappa shape index (κ2) is 13.9. The van der Waals surface area contributed by atoms with Gasteiger partial charge in [-0.25, -0.2) is 4.98 Å². The fourth-order valence-corrected chi connectivity index (χ4v) is 6.12. The van der Waals surface area contributed by atoms with Crippen LogP contribution in [-0.2, 0) is 9.59 Å². The van der Waals surface area contributed by atoms with Crippen LogP contribution in [0, 0.1) is 6.92 Å². The average molecular weight is 611 g/mol. The molecule has 0 aliphatic rings. The molecule has 0 saturated carbocycles. The molecule has 0 bridgehead atoms. The van der Waals surface area contributed by atoms with E-state index in [0.29, 0.717) is 16.4 Å². The van der Waals surface area contributed by atoms with Gasteiger partial charge in [-0.15, -0.1) is 34.4 Å². The Kier molecular flexibility index (Phi) is 9.60. The Bertz CT molecular complexity index is 1730. The number of thioether (sulfide) groups is 1. The highest BCUT2D eigenvalue weighted by Gasteiger charge is 2.16. The highest BCUT2D eigenvalue weighted by Crippen LogP contribution is 2.29. The summed E-state index contributed by atoms with van der Waals surface area (Å²) in [5, 5.41) is 13.0. The van der Waals surface area contributed by atoms with Gasteiger partial charge in [0.25, 0.3) is 11.8 Å². The smallest absolute Gasteiger partial charge is 0.272 e. The van der Waals surface area contributed by atoms with Crippen molar-refractivity contribution in [1.82, 2.24) is 10.3 Å². The first kappa shape index (κ1) is 29.0. The number of hydrogen-bond donors (Lipinski definition) is 3. The standard InChI is InChI=1S/C32H26N4O3S3/c1-21-9-5-6-12-23(21)17-26(34-30(38)22-10-3-2-4-11-22)31(39)33-24-13-7-14-25(18-24)41-20-29(37)36-32-35-27(19-42-32)28-15-8-16-40-28/h2-19H,20H2,1H3,(H,33,39)(H,34,38)(H,35,36,37)/b26-17-. The van der Waals surface area contributed by atoms with Gasteiger partial charge in [0.05, 0.1) is 16.3 Å². The Morgan fingerprint density at radius 2 is 1.69 bits per heavy atom. The van der Waals surface area contributed by atoms with E-state index in [2.05, 4.69) is 20.9 Å². The SMILES string of the molecule is Cc1ccccc1/C=C(\NC(=O)c1ccccc1)C(=O)Nc1cccc(SCC(=O)Nc2nc(-c3cccs3)cs2)c1. The zero-order chi connectivity index (χ0) is 29.3. The molecular weight excluding hydrogens is 585 g/mol. The molecule has 42 heavy (non-hydrogen) atoms. The molecule has 3 aromatic carbocycles. The number of amides is 3. The van der Waals surface area contributed by atoms with Gasteiger partial charge in [0.1, 0.15) is 5.70 Å². The lowest BCUT2D eigenvalue weighted by atomic mass is 10.1. The number of anilines is 2. The van der Waals surface area contributed by atoms with Crippen molar-refractivity contribution in [3.05, 3.63) is 124 Å². The summed E-state index contributed by atoms with van der Waals surface area (Å²) in [5.74, 6) is -0.846. The van der Waals surface area contributed by atoms with Crippen LogP contribution < -0.4 is 16.0 Å². The molecule has 210 valence electrons. The summed E-state index contributed by atoms with van der Waals surface area (Å²) in [5.41, 5.74) is 3.72. The number of thiophene rings is 1. The maximum Gasteiger partial charge on any atom is 0.272 e. The number of carbonyl (C=O) groups is 3. The summed E-state index contributed by atoms with van der Waals surface area (Å²) < 4.78 is 0. The molecule has 5 rings (SSSR count). The third-order valence-electron chi connectivity index (χ3n) is 6.00. The third kappa shape index (κ3) is 7.82. The number of aromatic nitrogens is 1. The van der Waals surface area contributed by atoms with Crippen LogP contribution in [0.5, 0.6) is 0 Å². The van der Waals surface area contributed by atoms with Crippen molar-refractivity contribution in [1.29, 1.82) is 0 Å². The van der Waals surface area contributed by atoms with E-state index in [-0.39, 0.29) is 23.3 Å². The van der Waals surface area contributed by atoms with Crippen LogP contribution in [0.2, 0.25) is 0 Å². The predicted octanol–water partition coefficient (Wildman–Crippen LogP) is 7.32. The van der Waals surface area contributed by atoms with E-state index in [0.717, 1.165) is 26.6 Å². The van der Waals surface area contributed by atoms with Crippen LogP contribution in [0.4, 0.5) is 10.8 Å². The molecule has 10 heteroatoms. The molecule has 0 aliphatic carbocycles. The van der Waals surface area contributed by atoms with Crippen LogP contribution in [-0.4, -0.2) is 28.5 Å². The monoisotopic (exact) mass is 610 g/mol. The number of hydrogen-bond acceptors (Lipinski definition) is 7. The van der Waals surface area contributed by atoms with Gasteiger partial charge >= 0.3 is 0 Å². The van der Waals surface area contributed by atoms with Crippen LogP contribution in [0.1, 0.15) is 21.5 Å². The summed E-state index contributed by atoms with van der Waals surface area (Å²) >= 11 is 4.33. The van der Waals surface area contributed by atoms with Gasteiger partial charge in [0.2, 0.25) is 5.91 Å². The molecular formula is C32H26N4O3S3. The highest BCUT2D eigenvalue weighted by molar-refractivity contribution is 8.00. The molecule has 5 aromatic rings. The lowest BCUT2D eigenvalue weighted by Crippen LogP contribution is -2.30. The summed E-state index contributed by atoms with van der Waals surface area (Å²) in [6, 6.07) is 27.5. The number of nitrogens with one attached hydrogen (secondary N) is 3. The molecule has 3 amide bonds. The first-order valence-corrected chi connectivity index (χ1v) is 15.7. The molecule has 2 heterocycles. The first-order valence-electron chi connectivity index (χ1n) is 12.9. The van der Waals surface area contributed by atoms with Gasteiger partial charge in [-0.1, -0.05) is 54.6 Å². The molecule has 7 nitrogen and oxygen atoms in total. The van der Waals surface area contributed by atoms with E-state index in [4.69, 9.17) is 0 Å². The minimum Gasteiger partial charge on any atom is -0.321 e. The zero-order valence-electron chi connectivity index (χ0n) is 22.5. The van der Waals surface area contributed by atoms with Gasteiger partial charge in [-0.3, -0.25) is 14.4 Å². The second-order valence-corrected chi connectivity index (χ2v) is 11.9. The highest BCUT2D eigenvalue weighted by atomic mass is 32.2. The van der Waals surface area contributed by atoms with E-state index in [1.807, 2.05) is 66.2 Å². The Hall–Kier alpha value is -4.51. The maximum absolute atomic E-state index is 13.4. The summed E-state index contributed by atoms with van der Waals surface area (Å²) in [7, 11) is 0. The van der Waals surface area contributed by atoms with E-state index >= 15 is 0 Å². The van der Waals surface area contributed by atoms with Gasteiger partial charge in [0, 0.05) is 21.5 Å². The van der Waals surface area contributed by atoms with Crippen molar-refractivity contribution in [2.45, 2.75) is 11.8 Å². The minimum absolute atomic E-state index is 0.112. The quantitative estimate of drug-likeness (QED) is 0.114.